The van der Waals surface area contributed by atoms with Crippen LogP contribution in [0.1, 0.15) is 35.7 Å². The van der Waals surface area contributed by atoms with Crippen LogP contribution in [0, 0.1) is 6.92 Å². The molecule has 1 aliphatic heterocycles. The third-order valence-corrected chi connectivity index (χ3v) is 4.51. The molecule has 0 fully saturated rings. The number of aromatic nitrogens is 1. The van der Waals surface area contributed by atoms with Crippen LogP contribution in [0.4, 0.5) is 0 Å². The van der Waals surface area contributed by atoms with Crippen molar-refractivity contribution in [1.29, 1.82) is 0 Å². The van der Waals surface area contributed by atoms with E-state index in [0.29, 0.717) is 0 Å². The SMILES string of the molecule is CC[C@@H](c1ccccc1)N1C(c2csc(C)n2)=NC=CC1O. The second-order valence-corrected chi connectivity index (χ2v) is 6.26. The standard InChI is InChI=1S/C17H19N3OS/c1-3-15(13-7-5-4-6-8-13)20-16(21)9-10-18-17(20)14-11-22-12(2)19-14/h4-11,15-16,21H,3H2,1-2H3/t15-,16?/m0/s1. The molecular formula is C17H19N3OS. The number of aliphatic imine (C=N–C) groups is 1. The number of nitrogens with zero attached hydrogens (tertiary/aromatic N) is 3. The van der Waals surface area contributed by atoms with Gasteiger partial charge < -0.3 is 10.0 Å². The number of rotatable bonds is 4. The fraction of sp³-hybridized carbons (Fsp3) is 0.294. The minimum Gasteiger partial charge on any atom is -0.370 e. The molecular weight excluding hydrogens is 294 g/mol. The van der Waals surface area contributed by atoms with Gasteiger partial charge in [-0.05, 0) is 25.0 Å². The Labute approximate surface area is 134 Å². The highest BCUT2D eigenvalue weighted by molar-refractivity contribution is 7.09. The van der Waals surface area contributed by atoms with Crippen LogP contribution >= 0.6 is 11.3 Å². The maximum atomic E-state index is 10.5. The highest BCUT2D eigenvalue weighted by atomic mass is 32.1. The number of benzene rings is 1. The minimum absolute atomic E-state index is 0.0573. The van der Waals surface area contributed by atoms with Gasteiger partial charge in [0.1, 0.15) is 11.9 Å². The van der Waals surface area contributed by atoms with Gasteiger partial charge >= 0.3 is 0 Å². The summed E-state index contributed by atoms with van der Waals surface area (Å²) in [6, 6.07) is 10.3. The Kier molecular flexibility index (Phi) is 4.36. The molecule has 1 unspecified atom stereocenters. The van der Waals surface area contributed by atoms with E-state index < -0.39 is 6.23 Å². The molecule has 4 nitrogen and oxygen atoms in total. The fourth-order valence-corrected chi connectivity index (χ4v) is 3.33. The van der Waals surface area contributed by atoms with Crippen LogP contribution in [-0.2, 0) is 0 Å². The molecule has 3 rings (SSSR count). The Morgan fingerprint density at radius 3 is 2.73 bits per heavy atom. The molecule has 114 valence electrons. The van der Waals surface area contributed by atoms with Crippen molar-refractivity contribution in [3.05, 3.63) is 64.3 Å². The quantitative estimate of drug-likeness (QED) is 0.940. The number of thiazole rings is 1. The molecule has 0 saturated heterocycles. The molecule has 0 saturated carbocycles. The summed E-state index contributed by atoms with van der Waals surface area (Å²) in [4.78, 5) is 11.0. The molecule has 2 heterocycles. The second-order valence-electron chi connectivity index (χ2n) is 5.20. The molecule has 5 heteroatoms. The van der Waals surface area contributed by atoms with E-state index in [1.54, 1.807) is 23.6 Å². The van der Waals surface area contributed by atoms with Gasteiger partial charge in [0.05, 0.1) is 11.0 Å². The fourth-order valence-electron chi connectivity index (χ4n) is 2.74. The summed E-state index contributed by atoms with van der Waals surface area (Å²) in [5, 5.41) is 13.5. The highest BCUT2D eigenvalue weighted by Crippen LogP contribution is 2.30. The van der Waals surface area contributed by atoms with E-state index in [-0.39, 0.29) is 6.04 Å². The third kappa shape index (κ3) is 2.82. The number of aliphatic hydroxyl groups excluding tert-OH is 1. The number of aliphatic hydroxyl groups is 1. The lowest BCUT2D eigenvalue weighted by Gasteiger charge is -2.37. The molecule has 0 radical (unpaired) electrons. The van der Waals surface area contributed by atoms with Crippen molar-refractivity contribution in [2.45, 2.75) is 32.5 Å². The van der Waals surface area contributed by atoms with E-state index in [1.165, 1.54) is 5.56 Å². The van der Waals surface area contributed by atoms with Crippen LogP contribution < -0.4 is 0 Å². The smallest absolute Gasteiger partial charge is 0.158 e. The first-order valence-electron chi connectivity index (χ1n) is 7.39. The summed E-state index contributed by atoms with van der Waals surface area (Å²) in [5.41, 5.74) is 1.99. The van der Waals surface area contributed by atoms with Gasteiger partial charge in [0, 0.05) is 11.6 Å². The Balaban J connectivity index is 2.01. The van der Waals surface area contributed by atoms with Gasteiger partial charge in [-0.2, -0.15) is 0 Å². The minimum atomic E-state index is -0.695. The molecule has 0 spiro atoms. The lowest BCUT2D eigenvalue weighted by molar-refractivity contribution is 0.0625. The Morgan fingerprint density at radius 1 is 1.32 bits per heavy atom. The molecule has 2 atom stereocenters. The van der Waals surface area contributed by atoms with Crippen LogP contribution in [0.25, 0.3) is 0 Å². The van der Waals surface area contributed by atoms with Crippen LogP contribution in [0.15, 0.2) is 53.0 Å². The van der Waals surface area contributed by atoms with Crippen LogP contribution in [-0.4, -0.2) is 27.1 Å². The molecule has 0 amide bonds. The molecule has 1 aliphatic rings. The zero-order valence-corrected chi connectivity index (χ0v) is 13.5. The van der Waals surface area contributed by atoms with E-state index in [4.69, 9.17) is 0 Å². The van der Waals surface area contributed by atoms with Gasteiger partial charge in [-0.3, -0.25) is 0 Å². The zero-order valence-electron chi connectivity index (χ0n) is 12.7. The predicted molar refractivity (Wildman–Crippen MR) is 89.8 cm³/mol. The van der Waals surface area contributed by atoms with Gasteiger partial charge in [0.25, 0.3) is 0 Å². The maximum absolute atomic E-state index is 10.5. The van der Waals surface area contributed by atoms with Crippen molar-refractivity contribution in [2.24, 2.45) is 4.99 Å². The van der Waals surface area contributed by atoms with E-state index in [1.807, 2.05) is 35.4 Å². The maximum Gasteiger partial charge on any atom is 0.158 e. The monoisotopic (exact) mass is 313 g/mol. The first-order chi connectivity index (χ1) is 10.7. The van der Waals surface area contributed by atoms with Crippen molar-refractivity contribution in [3.63, 3.8) is 0 Å². The third-order valence-electron chi connectivity index (χ3n) is 3.74. The largest absolute Gasteiger partial charge is 0.370 e. The molecule has 0 aliphatic carbocycles. The average molecular weight is 313 g/mol. The molecule has 2 aromatic rings. The number of hydrogen-bond donors (Lipinski definition) is 1. The van der Waals surface area contributed by atoms with Gasteiger partial charge in [-0.1, -0.05) is 37.3 Å². The van der Waals surface area contributed by atoms with E-state index in [9.17, 15) is 5.11 Å². The van der Waals surface area contributed by atoms with Gasteiger partial charge in [0.2, 0.25) is 0 Å². The lowest BCUT2D eigenvalue weighted by atomic mass is 10.0. The predicted octanol–water partition coefficient (Wildman–Crippen LogP) is 3.50. The van der Waals surface area contributed by atoms with Crippen LogP contribution in [0.5, 0.6) is 0 Å². The summed E-state index contributed by atoms with van der Waals surface area (Å²) in [6.45, 7) is 4.09. The molecule has 0 bridgehead atoms. The van der Waals surface area contributed by atoms with Crippen molar-refractivity contribution in [3.8, 4) is 0 Å². The number of hydrogen-bond acceptors (Lipinski definition) is 5. The summed E-state index contributed by atoms with van der Waals surface area (Å²) in [6.07, 6.45) is 3.54. The second kappa shape index (κ2) is 6.42. The van der Waals surface area contributed by atoms with Gasteiger partial charge in [-0.25, -0.2) is 9.98 Å². The van der Waals surface area contributed by atoms with Crippen molar-refractivity contribution >= 4 is 17.2 Å². The zero-order chi connectivity index (χ0) is 15.5. The van der Waals surface area contributed by atoms with Crippen LogP contribution in [0.3, 0.4) is 0 Å². The van der Waals surface area contributed by atoms with Crippen molar-refractivity contribution < 1.29 is 5.11 Å². The van der Waals surface area contributed by atoms with Crippen LogP contribution in [0.2, 0.25) is 0 Å². The summed E-state index contributed by atoms with van der Waals surface area (Å²) >= 11 is 1.59. The van der Waals surface area contributed by atoms with E-state index in [0.717, 1.165) is 23.0 Å². The van der Waals surface area contributed by atoms with Gasteiger partial charge in [0.15, 0.2) is 5.84 Å². The Hall–Kier alpha value is -1.98. The van der Waals surface area contributed by atoms with Crippen molar-refractivity contribution in [2.75, 3.05) is 0 Å². The van der Waals surface area contributed by atoms with E-state index in [2.05, 4.69) is 29.0 Å². The Morgan fingerprint density at radius 2 is 2.09 bits per heavy atom. The first kappa shape index (κ1) is 14.9. The van der Waals surface area contributed by atoms with E-state index >= 15 is 0 Å². The lowest BCUT2D eigenvalue weighted by Crippen LogP contribution is -2.43. The molecule has 1 aromatic carbocycles. The summed E-state index contributed by atoms with van der Waals surface area (Å²) < 4.78 is 0. The Bertz CT molecular complexity index is 693. The number of aryl methyl sites for hydroxylation is 1. The normalized spacial score (nSPS) is 19.1. The average Bonchev–Trinajstić information content (AvgIpc) is 2.97. The molecule has 1 aromatic heterocycles. The number of amidine groups is 1. The summed E-state index contributed by atoms with van der Waals surface area (Å²) in [7, 11) is 0. The molecule has 1 N–H and O–H groups in total. The summed E-state index contributed by atoms with van der Waals surface area (Å²) in [5.74, 6) is 0.732. The first-order valence-corrected chi connectivity index (χ1v) is 8.27. The topological polar surface area (TPSA) is 48.7 Å². The highest BCUT2D eigenvalue weighted by Gasteiger charge is 2.30. The molecule has 22 heavy (non-hydrogen) atoms. The van der Waals surface area contributed by atoms with Crippen molar-refractivity contribution in [1.82, 2.24) is 9.88 Å². The van der Waals surface area contributed by atoms with Gasteiger partial charge in [-0.15, -0.1) is 11.3 Å².